The number of halogens is 1. The summed E-state index contributed by atoms with van der Waals surface area (Å²) in [5.41, 5.74) is -0.350. The number of hydrogen-bond donors (Lipinski definition) is 1. The minimum Gasteiger partial charge on any atom is -0.475 e. The highest BCUT2D eigenvalue weighted by Gasteiger charge is 2.36. The van der Waals surface area contributed by atoms with Crippen LogP contribution in [0.1, 0.15) is 13.8 Å². The number of fused-ring (bicyclic) bond motifs is 1. The molecule has 1 amide bonds. The average Bonchev–Trinajstić information content (AvgIpc) is 2.20. The summed E-state index contributed by atoms with van der Waals surface area (Å²) in [7, 11) is -1.10. The smallest absolute Gasteiger partial charge is 0.268 e. The van der Waals surface area contributed by atoms with Gasteiger partial charge in [0.1, 0.15) is 0 Å². The van der Waals surface area contributed by atoms with Crippen molar-refractivity contribution in [3.05, 3.63) is 16.6 Å². The van der Waals surface area contributed by atoms with Crippen molar-refractivity contribution in [3.8, 4) is 5.75 Å². The maximum Gasteiger partial charge on any atom is 0.268 e. The van der Waals surface area contributed by atoms with Crippen molar-refractivity contribution in [2.45, 2.75) is 24.3 Å². The Morgan fingerprint density at radius 1 is 1.41 bits per heavy atom. The van der Waals surface area contributed by atoms with E-state index >= 15 is 0 Å². The van der Waals surface area contributed by atoms with Crippen molar-refractivity contribution >= 4 is 38.3 Å². The van der Waals surface area contributed by atoms with E-state index in [-0.39, 0.29) is 5.91 Å². The molecule has 0 radical (unpaired) electrons. The van der Waals surface area contributed by atoms with Gasteiger partial charge in [-0.2, -0.15) is 0 Å². The van der Waals surface area contributed by atoms with Crippen molar-refractivity contribution in [1.29, 1.82) is 0 Å². The predicted octanol–water partition coefficient (Wildman–Crippen LogP) is 2.30. The van der Waals surface area contributed by atoms with Crippen molar-refractivity contribution in [2.24, 2.45) is 0 Å². The first kappa shape index (κ1) is 12.6. The van der Waals surface area contributed by atoms with Gasteiger partial charge in [0.2, 0.25) is 0 Å². The van der Waals surface area contributed by atoms with Gasteiger partial charge >= 0.3 is 0 Å². The van der Waals surface area contributed by atoms with Gasteiger partial charge < -0.3 is 10.1 Å². The van der Waals surface area contributed by atoms with Gasteiger partial charge in [-0.3, -0.25) is 9.00 Å². The largest absolute Gasteiger partial charge is 0.475 e. The number of benzene rings is 1. The monoisotopic (exact) mass is 317 g/mol. The number of nitrogens with one attached hydrogen (secondary N) is 1. The van der Waals surface area contributed by atoms with Gasteiger partial charge in [-0.05, 0) is 41.9 Å². The number of amides is 1. The van der Waals surface area contributed by atoms with Gasteiger partial charge in [0.15, 0.2) is 11.4 Å². The molecule has 6 heteroatoms. The normalized spacial score (nSPS) is 18.9. The summed E-state index contributed by atoms with van der Waals surface area (Å²) in [6, 6.07) is 3.41. The Kier molecular flexibility index (Phi) is 3.03. The molecule has 1 unspecified atom stereocenters. The molecule has 1 aliphatic heterocycles. The highest BCUT2D eigenvalue weighted by atomic mass is 79.9. The molecule has 92 valence electrons. The van der Waals surface area contributed by atoms with E-state index in [1.165, 1.54) is 0 Å². The lowest BCUT2D eigenvalue weighted by Crippen LogP contribution is -2.45. The van der Waals surface area contributed by atoms with Crippen LogP contribution in [0.25, 0.3) is 0 Å². The fourth-order valence-corrected chi connectivity index (χ4v) is 2.77. The van der Waals surface area contributed by atoms with Crippen molar-refractivity contribution in [2.75, 3.05) is 11.6 Å². The number of anilines is 1. The molecule has 17 heavy (non-hydrogen) atoms. The molecule has 1 aromatic rings. The summed E-state index contributed by atoms with van der Waals surface area (Å²) < 4.78 is 17.8. The highest BCUT2D eigenvalue weighted by molar-refractivity contribution is 9.10. The van der Waals surface area contributed by atoms with Crippen LogP contribution >= 0.6 is 15.9 Å². The summed E-state index contributed by atoms with van der Waals surface area (Å²) in [6.45, 7) is 3.40. The molecule has 1 heterocycles. The molecule has 0 bridgehead atoms. The van der Waals surface area contributed by atoms with E-state index in [0.717, 1.165) is 0 Å². The summed E-state index contributed by atoms with van der Waals surface area (Å²) in [5, 5.41) is 2.76. The third-order valence-electron chi connectivity index (χ3n) is 2.50. The van der Waals surface area contributed by atoms with Crippen LogP contribution < -0.4 is 10.1 Å². The van der Waals surface area contributed by atoms with Crippen molar-refractivity contribution < 1.29 is 13.7 Å². The minimum atomic E-state index is -1.10. The topological polar surface area (TPSA) is 55.4 Å². The Balaban J connectivity index is 2.55. The van der Waals surface area contributed by atoms with Crippen LogP contribution in [0.3, 0.4) is 0 Å². The highest BCUT2D eigenvalue weighted by Crippen LogP contribution is 2.41. The maximum absolute atomic E-state index is 11.7. The maximum atomic E-state index is 11.7. The zero-order valence-electron chi connectivity index (χ0n) is 9.67. The van der Waals surface area contributed by atoms with E-state index in [0.29, 0.717) is 20.8 Å². The van der Waals surface area contributed by atoms with E-state index in [9.17, 15) is 9.00 Å². The molecule has 0 spiro atoms. The van der Waals surface area contributed by atoms with Crippen LogP contribution in [0.15, 0.2) is 21.5 Å². The van der Waals surface area contributed by atoms with Gasteiger partial charge in [0.05, 0.1) is 10.2 Å². The molecule has 0 aliphatic carbocycles. The van der Waals surface area contributed by atoms with Gasteiger partial charge in [0.25, 0.3) is 5.91 Å². The first-order valence-electron chi connectivity index (χ1n) is 4.99. The zero-order chi connectivity index (χ0) is 12.8. The second-order valence-electron chi connectivity index (χ2n) is 4.30. The standard InChI is InChI=1S/C11H12BrNO3S/c1-11(2)10(14)13-8-5-6(17(3)15)4-7(12)9(8)16-11/h4-5H,1-3H3,(H,13,14). The van der Waals surface area contributed by atoms with E-state index in [1.807, 2.05) is 0 Å². The van der Waals surface area contributed by atoms with Crippen LogP contribution in [0, 0.1) is 0 Å². The molecular weight excluding hydrogens is 306 g/mol. The van der Waals surface area contributed by atoms with Crippen molar-refractivity contribution in [1.82, 2.24) is 0 Å². The number of ether oxygens (including phenoxy) is 1. The first-order chi connectivity index (χ1) is 7.81. The molecule has 0 aromatic heterocycles. The van der Waals surface area contributed by atoms with Crippen LogP contribution in [-0.2, 0) is 15.6 Å². The average molecular weight is 318 g/mol. The molecule has 1 N–H and O–H groups in total. The Hall–Kier alpha value is -0.880. The van der Waals surface area contributed by atoms with Gasteiger partial charge in [-0.1, -0.05) is 0 Å². The molecular formula is C11H12BrNO3S. The molecule has 0 saturated heterocycles. The third kappa shape index (κ3) is 2.24. The SMILES string of the molecule is CS(=O)c1cc(Br)c2c(c1)NC(=O)C(C)(C)O2. The van der Waals surface area contributed by atoms with E-state index in [2.05, 4.69) is 21.2 Å². The Labute approximate surface area is 110 Å². The Bertz CT molecular complexity index is 528. The fourth-order valence-electron chi connectivity index (χ4n) is 1.51. The molecule has 1 atom stereocenters. The molecule has 0 fully saturated rings. The molecule has 0 saturated carbocycles. The van der Waals surface area contributed by atoms with E-state index in [1.54, 1.807) is 32.2 Å². The number of carbonyl (C=O) groups excluding carboxylic acids is 1. The lowest BCUT2D eigenvalue weighted by Gasteiger charge is -2.32. The number of rotatable bonds is 1. The lowest BCUT2D eigenvalue weighted by molar-refractivity contribution is -0.129. The van der Waals surface area contributed by atoms with Crippen LogP contribution in [0.4, 0.5) is 5.69 Å². The van der Waals surface area contributed by atoms with Gasteiger partial charge in [-0.25, -0.2) is 0 Å². The molecule has 1 aliphatic rings. The van der Waals surface area contributed by atoms with Crippen LogP contribution in [0.5, 0.6) is 5.75 Å². The van der Waals surface area contributed by atoms with Gasteiger partial charge in [-0.15, -0.1) is 0 Å². The van der Waals surface area contributed by atoms with E-state index < -0.39 is 16.4 Å². The summed E-state index contributed by atoms with van der Waals surface area (Å²) in [6.07, 6.45) is 1.59. The zero-order valence-corrected chi connectivity index (χ0v) is 12.1. The second kappa shape index (κ2) is 4.10. The number of carbonyl (C=O) groups is 1. The Morgan fingerprint density at radius 3 is 2.65 bits per heavy atom. The minimum absolute atomic E-state index is 0.212. The van der Waals surface area contributed by atoms with E-state index in [4.69, 9.17) is 4.74 Å². The predicted molar refractivity (Wildman–Crippen MR) is 69.8 cm³/mol. The fraction of sp³-hybridized carbons (Fsp3) is 0.364. The quantitative estimate of drug-likeness (QED) is 0.864. The molecule has 1 aromatic carbocycles. The number of hydrogen-bond acceptors (Lipinski definition) is 3. The summed E-state index contributed by atoms with van der Waals surface area (Å²) in [5.74, 6) is 0.361. The first-order valence-corrected chi connectivity index (χ1v) is 7.34. The summed E-state index contributed by atoms with van der Waals surface area (Å²) in [4.78, 5) is 12.4. The molecule has 4 nitrogen and oxygen atoms in total. The van der Waals surface area contributed by atoms with Crippen LogP contribution in [-0.4, -0.2) is 22.0 Å². The Morgan fingerprint density at radius 2 is 2.06 bits per heavy atom. The molecule has 2 rings (SSSR count). The lowest BCUT2D eigenvalue weighted by atomic mass is 10.1. The second-order valence-corrected chi connectivity index (χ2v) is 6.54. The van der Waals surface area contributed by atoms with Gasteiger partial charge in [0, 0.05) is 22.0 Å². The van der Waals surface area contributed by atoms with Crippen molar-refractivity contribution in [3.63, 3.8) is 0 Å². The summed E-state index contributed by atoms with van der Waals surface area (Å²) >= 11 is 3.36. The van der Waals surface area contributed by atoms with Crippen LogP contribution in [0.2, 0.25) is 0 Å². The third-order valence-corrected chi connectivity index (χ3v) is 3.99.